The summed E-state index contributed by atoms with van der Waals surface area (Å²) in [6.07, 6.45) is 1.61. The summed E-state index contributed by atoms with van der Waals surface area (Å²) in [7, 11) is -3.80. The van der Waals surface area contributed by atoms with Crippen molar-refractivity contribution in [1.82, 2.24) is 5.48 Å². The van der Waals surface area contributed by atoms with Crippen LogP contribution >= 0.6 is 0 Å². The standard InChI is InChI=1S/C25H25NO5S/c27-24(20-11-5-2-6-12-20)21-14-16-23(17-15-21)32(30,31)18-22(25(28)26-29)13-7-10-19-8-3-1-4-9-19/h1-6,8-9,11-12,14-17,22,29H,7,10,13,18H2,(H,26,28). The molecule has 3 aromatic carbocycles. The van der Waals surface area contributed by atoms with Crippen LogP contribution in [0.1, 0.15) is 34.3 Å². The van der Waals surface area contributed by atoms with Crippen molar-refractivity contribution in [3.63, 3.8) is 0 Å². The van der Waals surface area contributed by atoms with Crippen LogP contribution in [-0.2, 0) is 21.1 Å². The molecule has 7 heteroatoms. The SMILES string of the molecule is O=C(c1ccccc1)c1ccc(S(=O)(=O)CC(CCCc2ccccc2)C(=O)NO)cc1. The third kappa shape index (κ3) is 6.12. The van der Waals surface area contributed by atoms with E-state index in [2.05, 4.69) is 0 Å². The van der Waals surface area contributed by atoms with Gasteiger partial charge in [-0.3, -0.25) is 14.8 Å². The zero-order valence-corrected chi connectivity index (χ0v) is 18.3. The molecule has 0 saturated heterocycles. The average molecular weight is 452 g/mol. The number of benzene rings is 3. The summed E-state index contributed by atoms with van der Waals surface area (Å²) in [6, 6.07) is 24.1. The Hall–Kier alpha value is -3.29. The van der Waals surface area contributed by atoms with E-state index in [1.165, 1.54) is 24.3 Å². The van der Waals surface area contributed by atoms with Gasteiger partial charge in [0.2, 0.25) is 5.91 Å². The van der Waals surface area contributed by atoms with Crippen LogP contribution < -0.4 is 5.48 Å². The topological polar surface area (TPSA) is 101 Å². The molecule has 1 atom stereocenters. The van der Waals surface area contributed by atoms with Crippen LogP contribution in [0, 0.1) is 5.92 Å². The van der Waals surface area contributed by atoms with Gasteiger partial charge in [-0.15, -0.1) is 0 Å². The van der Waals surface area contributed by atoms with Gasteiger partial charge in [-0.05, 0) is 49.1 Å². The first kappa shape index (κ1) is 23.4. The molecular formula is C25H25NO5S. The van der Waals surface area contributed by atoms with Crippen LogP contribution in [0.5, 0.6) is 0 Å². The molecule has 1 unspecified atom stereocenters. The molecule has 0 aliphatic rings. The first-order valence-corrected chi connectivity index (χ1v) is 12.0. The Labute approximate surface area is 187 Å². The van der Waals surface area contributed by atoms with Crippen molar-refractivity contribution in [2.45, 2.75) is 24.2 Å². The van der Waals surface area contributed by atoms with E-state index in [1.54, 1.807) is 29.7 Å². The molecule has 2 N–H and O–H groups in total. The lowest BCUT2D eigenvalue weighted by Gasteiger charge is -2.15. The summed E-state index contributed by atoms with van der Waals surface area (Å²) in [5.74, 6) is -2.25. The predicted molar refractivity (Wildman–Crippen MR) is 121 cm³/mol. The summed E-state index contributed by atoms with van der Waals surface area (Å²) in [5.41, 5.74) is 3.57. The van der Waals surface area contributed by atoms with E-state index in [1.807, 2.05) is 36.4 Å². The summed E-state index contributed by atoms with van der Waals surface area (Å²) in [4.78, 5) is 24.6. The van der Waals surface area contributed by atoms with Crippen molar-refractivity contribution in [2.75, 3.05) is 5.75 Å². The highest BCUT2D eigenvalue weighted by Crippen LogP contribution is 2.20. The van der Waals surface area contributed by atoms with E-state index in [-0.39, 0.29) is 10.7 Å². The molecule has 0 saturated carbocycles. The molecule has 0 aliphatic heterocycles. The lowest BCUT2D eigenvalue weighted by Crippen LogP contribution is -2.33. The van der Waals surface area contributed by atoms with Crippen molar-refractivity contribution in [2.24, 2.45) is 5.92 Å². The summed E-state index contributed by atoms with van der Waals surface area (Å²) < 4.78 is 25.8. The van der Waals surface area contributed by atoms with Crippen LogP contribution in [0.25, 0.3) is 0 Å². The van der Waals surface area contributed by atoms with Gasteiger partial charge in [-0.2, -0.15) is 0 Å². The fraction of sp³-hybridized carbons (Fsp3) is 0.200. The number of carbonyl (C=O) groups excluding carboxylic acids is 2. The molecular weight excluding hydrogens is 426 g/mol. The number of hydrogen-bond acceptors (Lipinski definition) is 5. The van der Waals surface area contributed by atoms with Crippen LogP contribution in [-0.4, -0.2) is 31.1 Å². The normalized spacial score (nSPS) is 12.2. The highest BCUT2D eigenvalue weighted by molar-refractivity contribution is 7.91. The summed E-state index contributed by atoms with van der Waals surface area (Å²) in [6.45, 7) is 0. The third-order valence-corrected chi connectivity index (χ3v) is 7.11. The second kappa shape index (κ2) is 10.8. The minimum atomic E-state index is -3.80. The van der Waals surface area contributed by atoms with E-state index in [0.717, 1.165) is 5.56 Å². The van der Waals surface area contributed by atoms with Crippen LogP contribution in [0.3, 0.4) is 0 Å². The highest BCUT2D eigenvalue weighted by Gasteiger charge is 2.26. The zero-order chi connectivity index (χ0) is 23.0. The first-order valence-electron chi connectivity index (χ1n) is 10.3. The number of ketones is 1. The van der Waals surface area contributed by atoms with Gasteiger partial charge in [0, 0.05) is 11.1 Å². The second-order valence-electron chi connectivity index (χ2n) is 7.55. The molecule has 6 nitrogen and oxygen atoms in total. The number of aryl methyl sites for hydroxylation is 1. The maximum Gasteiger partial charge on any atom is 0.247 e. The molecule has 166 valence electrons. The second-order valence-corrected chi connectivity index (χ2v) is 9.59. The lowest BCUT2D eigenvalue weighted by molar-refractivity contribution is -0.132. The maximum absolute atomic E-state index is 12.9. The number of hydroxylamine groups is 1. The molecule has 0 aliphatic carbocycles. The monoisotopic (exact) mass is 451 g/mol. The van der Waals surface area contributed by atoms with Crippen LogP contribution in [0.4, 0.5) is 0 Å². The molecule has 0 spiro atoms. The lowest BCUT2D eigenvalue weighted by atomic mass is 10.0. The Balaban J connectivity index is 1.68. The number of hydrogen-bond donors (Lipinski definition) is 2. The zero-order valence-electron chi connectivity index (χ0n) is 17.5. The van der Waals surface area contributed by atoms with E-state index in [9.17, 15) is 18.0 Å². The van der Waals surface area contributed by atoms with Gasteiger partial charge in [0.05, 0.1) is 16.6 Å². The van der Waals surface area contributed by atoms with Crippen LogP contribution in [0.15, 0.2) is 89.8 Å². The highest BCUT2D eigenvalue weighted by atomic mass is 32.2. The number of nitrogens with one attached hydrogen (secondary N) is 1. The smallest absolute Gasteiger partial charge is 0.247 e. The van der Waals surface area contributed by atoms with Gasteiger partial charge in [0.1, 0.15) is 0 Å². The van der Waals surface area contributed by atoms with Crippen molar-refractivity contribution < 1.29 is 23.2 Å². The molecule has 0 fully saturated rings. The average Bonchev–Trinajstić information content (AvgIpc) is 2.83. The fourth-order valence-corrected chi connectivity index (χ4v) is 5.10. The molecule has 3 aromatic rings. The van der Waals surface area contributed by atoms with Crippen molar-refractivity contribution in [3.05, 3.63) is 102 Å². The molecule has 0 radical (unpaired) electrons. The van der Waals surface area contributed by atoms with Crippen LogP contribution in [0.2, 0.25) is 0 Å². The minimum Gasteiger partial charge on any atom is -0.289 e. The Morgan fingerprint density at radius 2 is 1.38 bits per heavy atom. The molecule has 0 heterocycles. The van der Waals surface area contributed by atoms with E-state index in [0.29, 0.717) is 30.4 Å². The summed E-state index contributed by atoms with van der Waals surface area (Å²) in [5, 5.41) is 9.06. The Morgan fingerprint density at radius 3 is 1.97 bits per heavy atom. The van der Waals surface area contributed by atoms with Crippen molar-refractivity contribution >= 4 is 21.5 Å². The van der Waals surface area contributed by atoms with Gasteiger partial charge < -0.3 is 0 Å². The fourth-order valence-electron chi connectivity index (χ4n) is 3.51. The van der Waals surface area contributed by atoms with Gasteiger partial charge in [0.25, 0.3) is 0 Å². The first-order chi connectivity index (χ1) is 15.4. The number of sulfone groups is 1. The minimum absolute atomic E-state index is 0.0286. The van der Waals surface area contributed by atoms with Gasteiger partial charge >= 0.3 is 0 Å². The molecule has 3 rings (SSSR count). The maximum atomic E-state index is 12.9. The van der Waals surface area contributed by atoms with E-state index >= 15 is 0 Å². The summed E-state index contributed by atoms with van der Waals surface area (Å²) >= 11 is 0. The van der Waals surface area contributed by atoms with Gasteiger partial charge in [-0.25, -0.2) is 13.9 Å². The number of carbonyl (C=O) groups is 2. The predicted octanol–water partition coefficient (Wildman–Crippen LogP) is 3.84. The Morgan fingerprint density at radius 1 is 0.812 bits per heavy atom. The van der Waals surface area contributed by atoms with Gasteiger partial charge in [-0.1, -0.05) is 60.7 Å². The van der Waals surface area contributed by atoms with Gasteiger partial charge in [0.15, 0.2) is 15.6 Å². The van der Waals surface area contributed by atoms with Crippen molar-refractivity contribution in [3.8, 4) is 0 Å². The van der Waals surface area contributed by atoms with Crippen molar-refractivity contribution in [1.29, 1.82) is 0 Å². The quantitative estimate of drug-likeness (QED) is 0.277. The molecule has 0 aromatic heterocycles. The molecule has 0 bridgehead atoms. The Kier molecular flexibility index (Phi) is 7.92. The van der Waals surface area contributed by atoms with E-state index < -0.39 is 27.4 Å². The van der Waals surface area contributed by atoms with E-state index in [4.69, 9.17) is 5.21 Å². The molecule has 32 heavy (non-hydrogen) atoms. The largest absolute Gasteiger partial charge is 0.289 e. The number of rotatable bonds is 10. The molecule has 1 amide bonds. The Bertz CT molecular complexity index is 1140. The number of amides is 1. The third-order valence-electron chi connectivity index (χ3n) is 5.27.